The molecule has 0 spiro atoms. The fourth-order valence-electron chi connectivity index (χ4n) is 2.99. The van der Waals surface area contributed by atoms with Gasteiger partial charge in [0, 0.05) is 37.4 Å². The highest BCUT2D eigenvalue weighted by atomic mass is 32.1. The van der Waals surface area contributed by atoms with Crippen LogP contribution in [-0.2, 0) is 6.42 Å². The number of pyridine rings is 1. The highest BCUT2D eigenvalue weighted by molar-refractivity contribution is 7.18. The minimum absolute atomic E-state index is 0.196. The number of carbonyl (C=O) groups is 1. The number of fused-ring (bicyclic) bond motifs is 1. The molecule has 0 radical (unpaired) electrons. The molecule has 0 bridgehead atoms. The molecule has 164 valence electrons. The van der Waals surface area contributed by atoms with Gasteiger partial charge in [0.2, 0.25) is 0 Å². The Hall–Kier alpha value is -3.66. The van der Waals surface area contributed by atoms with Gasteiger partial charge in [-0.25, -0.2) is 4.98 Å². The fourth-order valence-corrected chi connectivity index (χ4v) is 4.01. The molecule has 0 saturated carbocycles. The first-order valence-corrected chi connectivity index (χ1v) is 10.2. The molecule has 0 atom stereocenters. The number of thiazole rings is 1. The van der Waals surface area contributed by atoms with Crippen molar-refractivity contribution in [1.29, 1.82) is 0 Å². The van der Waals surface area contributed by atoms with Crippen LogP contribution in [0.2, 0.25) is 0 Å². The lowest BCUT2D eigenvalue weighted by molar-refractivity contribution is -0.274. The number of nitrogens with one attached hydrogen (secondary N) is 1. The van der Waals surface area contributed by atoms with Gasteiger partial charge in [-0.1, -0.05) is 18.2 Å². The molecular weight excluding hydrogens is 443 g/mol. The van der Waals surface area contributed by atoms with Crippen LogP contribution in [0.1, 0.15) is 21.1 Å². The minimum atomic E-state index is -4.76. The van der Waals surface area contributed by atoms with Crippen LogP contribution in [-0.4, -0.2) is 29.3 Å². The van der Waals surface area contributed by atoms with Gasteiger partial charge in [-0.2, -0.15) is 0 Å². The van der Waals surface area contributed by atoms with Crippen LogP contribution in [0, 0.1) is 0 Å². The second-order valence-corrected chi connectivity index (χ2v) is 7.74. The summed E-state index contributed by atoms with van der Waals surface area (Å²) in [6, 6.07) is 14.4. The molecule has 0 unspecified atom stereocenters. The van der Waals surface area contributed by atoms with Gasteiger partial charge in [0.05, 0.1) is 15.2 Å². The van der Waals surface area contributed by atoms with E-state index in [2.05, 4.69) is 20.0 Å². The van der Waals surface area contributed by atoms with Gasteiger partial charge in [-0.3, -0.25) is 9.78 Å². The zero-order chi connectivity index (χ0) is 22.7. The van der Waals surface area contributed by atoms with E-state index < -0.39 is 6.36 Å². The van der Waals surface area contributed by atoms with Crippen molar-refractivity contribution in [1.82, 2.24) is 15.3 Å². The van der Waals surface area contributed by atoms with E-state index in [4.69, 9.17) is 4.74 Å². The van der Waals surface area contributed by atoms with E-state index in [1.807, 2.05) is 0 Å². The van der Waals surface area contributed by atoms with E-state index in [-0.39, 0.29) is 23.8 Å². The number of carbonyl (C=O) groups excluding carboxylic acids is 1. The molecule has 4 rings (SSSR count). The van der Waals surface area contributed by atoms with Crippen molar-refractivity contribution in [3.8, 4) is 17.2 Å². The van der Waals surface area contributed by atoms with Gasteiger partial charge in [-0.05, 0) is 24.3 Å². The van der Waals surface area contributed by atoms with Crippen molar-refractivity contribution in [2.45, 2.75) is 12.8 Å². The summed E-state index contributed by atoms with van der Waals surface area (Å²) in [5.41, 5.74) is 1.32. The van der Waals surface area contributed by atoms with E-state index in [9.17, 15) is 18.0 Å². The number of hydrogen-bond donors (Lipinski definition) is 1. The number of amides is 1. The maximum Gasteiger partial charge on any atom is 0.573 e. The predicted molar refractivity (Wildman–Crippen MR) is 113 cm³/mol. The summed E-state index contributed by atoms with van der Waals surface area (Å²) in [7, 11) is 1.51. The summed E-state index contributed by atoms with van der Waals surface area (Å²) in [4.78, 5) is 20.2. The molecule has 0 aliphatic heterocycles. The van der Waals surface area contributed by atoms with Crippen molar-refractivity contribution in [2.24, 2.45) is 0 Å². The lowest BCUT2D eigenvalue weighted by atomic mass is 10.1. The molecule has 10 heteroatoms. The number of alkyl halides is 3. The molecule has 0 fully saturated rings. The number of ether oxygens (including phenoxy) is 2. The van der Waals surface area contributed by atoms with Gasteiger partial charge < -0.3 is 14.8 Å². The summed E-state index contributed by atoms with van der Waals surface area (Å²) in [5.74, 6) is 0.407. The first-order chi connectivity index (χ1) is 15.3. The van der Waals surface area contributed by atoms with E-state index >= 15 is 0 Å². The first-order valence-electron chi connectivity index (χ1n) is 9.40. The molecule has 2 heterocycles. The highest BCUT2D eigenvalue weighted by Crippen LogP contribution is 2.32. The van der Waals surface area contributed by atoms with Gasteiger partial charge in [-0.15, -0.1) is 24.5 Å². The molecule has 6 nitrogen and oxygen atoms in total. The summed E-state index contributed by atoms with van der Waals surface area (Å²) in [6.45, 7) is 0. The third kappa shape index (κ3) is 5.14. The lowest BCUT2D eigenvalue weighted by Crippen LogP contribution is -2.18. The van der Waals surface area contributed by atoms with Gasteiger partial charge in [0.15, 0.2) is 0 Å². The zero-order valence-electron chi connectivity index (χ0n) is 16.6. The molecule has 0 saturated heterocycles. The van der Waals surface area contributed by atoms with Crippen molar-refractivity contribution < 1.29 is 27.4 Å². The maximum absolute atomic E-state index is 12.7. The predicted octanol–water partition coefficient (Wildman–Crippen LogP) is 5.33. The SMILES string of the molecule is CNC(=O)c1cc(Oc2ccc3nc(Cc4ccccc4OC(F)(F)F)sc3c2)ccn1. The van der Waals surface area contributed by atoms with E-state index in [0.29, 0.717) is 27.6 Å². The number of hydrogen-bond acceptors (Lipinski definition) is 6. The minimum Gasteiger partial charge on any atom is -0.457 e. The third-order valence-electron chi connectivity index (χ3n) is 4.37. The maximum atomic E-state index is 12.7. The smallest absolute Gasteiger partial charge is 0.457 e. The Labute approximate surface area is 184 Å². The summed E-state index contributed by atoms with van der Waals surface area (Å²) < 4.78 is 48.8. The standard InChI is InChI=1S/C22H16F3N3O3S/c1-26-21(29)17-11-15(8-9-27-17)30-14-6-7-16-19(12-14)32-20(28-16)10-13-4-2-3-5-18(13)31-22(23,24)25/h2-9,11-12H,10H2,1H3,(H,26,29). The van der Waals surface area contributed by atoms with Gasteiger partial charge in [0.25, 0.3) is 5.91 Å². The fraction of sp³-hybridized carbons (Fsp3) is 0.136. The van der Waals surface area contributed by atoms with Crippen LogP contribution >= 0.6 is 11.3 Å². The first kappa shape index (κ1) is 21.6. The molecule has 4 aromatic rings. The van der Waals surface area contributed by atoms with E-state index in [1.165, 1.54) is 42.8 Å². The van der Waals surface area contributed by atoms with Gasteiger partial charge >= 0.3 is 6.36 Å². The third-order valence-corrected chi connectivity index (χ3v) is 5.39. The van der Waals surface area contributed by atoms with Crippen LogP contribution in [0.3, 0.4) is 0 Å². The Morgan fingerprint density at radius 1 is 1.09 bits per heavy atom. The Bertz CT molecular complexity index is 1270. The van der Waals surface area contributed by atoms with Crippen LogP contribution in [0.15, 0.2) is 60.8 Å². The average Bonchev–Trinajstić information content (AvgIpc) is 3.15. The van der Waals surface area contributed by atoms with Gasteiger partial charge in [0.1, 0.15) is 22.9 Å². The average molecular weight is 459 g/mol. The molecular formula is C22H16F3N3O3S. The number of aromatic nitrogens is 2. The number of nitrogens with zero attached hydrogens (tertiary/aromatic N) is 2. The lowest BCUT2D eigenvalue weighted by Gasteiger charge is -2.12. The van der Waals surface area contributed by atoms with Crippen molar-refractivity contribution >= 4 is 27.5 Å². The molecule has 0 aliphatic carbocycles. The van der Waals surface area contributed by atoms with Crippen molar-refractivity contribution in [3.63, 3.8) is 0 Å². The van der Waals surface area contributed by atoms with Crippen LogP contribution < -0.4 is 14.8 Å². The largest absolute Gasteiger partial charge is 0.573 e. The number of para-hydroxylation sites is 1. The molecule has 2 aromatic carbocycles. The van der Waals surface area contributed by atoms with Crippen molar-refractivity contribution in [3.05, 3.63) is 77.1 Å². The normalized spacial score (nSPS) is 11.4. The zero-order valence-corrected chi connectivity index (χ0v) is 17.5. The Morgan fingerprint density at radius 3 is 2.66 bits per heavy atom. The second kappa shape index (κ2) is 8.83. The summed E-state index contributed by atoms with van der Waals surface area (Å²) in [5, 5.41) is 3.14. The summed E-state index contributed by atoms with van der Waals surface area (Å²) >= 11 is 1.35. The van der Waals surface area contributed by atoms with E-state index in [0.717, 1.165) is 4.70 Å². The summed E-state index contributed by atoms with van der Waals surface area (Å²) in [6.07, 6.45) is -3.09. The second-order valence-electron chi connectivity index (χ2n) is 6.63. The number of halogens is 3. The van der Waals surface area contributed by atoms with Crippen LogP contribution in [0.4, 0.5) is 13.2 Å². The molecule has 2 aromatic heterocycles. The quantitative estimate of drug-likeness (QED) is 0.422. The van der Waals surface area contributed by atoms with Crippen LogP contribution in [0.25, 0.3) is 10.2 Å². The molecule has 32 heavy (non-hydrogen) atoms. The Balaban J connectivity index is 1.55. The molecule has 1 N–H and O–H groups in total. The Kier molecular flexibility index (Phi) is 5.95. The van der Waals surface area contributed by atoms with Crippen LogP contribution in [0.5, 0.6) is 17.2 Å². The highest BCUT2D eigenvalue weighted by Gasteiger charge is 2.32. The van der Waals surface area contributed by atoms with E-state index in [1.54, 1.807) is 36.4 Å². The number of rotatable bonds is 6. The topological polar surface area (TPSA) is 73.3 Å². The molecule has 0 aliphatic rings. The Morgan fingerprint density at radius 2 is 1.88 bits per heavy atom. The van der Waals surface area contributed by atoms with Crippen molar-refractivity contribution in [2.75, 3.05) is 7.05 Å². The molecule has 1 amide bonds. The monoisotopic (exact) mass is 459 g/mol. The number of benzene rings is 2.